The number of rotatable bonds is 6. The number of hydrogen-bond donors (Lipinski definition) is 2. The van der Waals surface area contributed by atoms with Crippen molar-refractivity contribution in [1.29, 1.82) is 0 Å². The predicted octanol–water partition coefficient (Wildman–Crippen LogP) is 4.60. The van der Waals surface area contributed by atoms with Crippen LogP contribution in [0, 0.1) is 19.3 Å². The molecule has 2 aliphatic rings. The zero-order chi connectivity index (χ0) is 27.1. The van der Waals surface area contributed by atoms with Crippen molar-refractivity contribution in [3.8, 4) is 11.4 Å². The molecular weight excluding hydrogens is 499 g/mol. The van der Waals surface area contributed by atoms with E-state index in [0.717, 1.165) is 18.4 Å². The van der Waals surface area contributed by atoms with Gasteiger partial charge in [0.05, 0.1) is 11.4 Å². The normalized spacial score (nSPS) is 20.0. The largest absolute Gasteiger partial charge is 0.480 e. The van der Waals surface area contributed by atoms with E-state index >= 15 is 0 Å². The van der Waals surface area contributed by atoms with Gasteiger partial charge in [0.25, 0.3) is 0 Å². The number of anilines is 1. The van der Waals surface area contributed by atoms with Crippen LogP contribution in [0.15, 0.2) is 48.8 Å². The minimum Gasteiger partial charge on any atom is -0.480 e. The lowest BCUT2D eigenvalue weighted by molar-refractivity contribution is -0.198. The number of carbonyl (C=O) groups is 1. The summed E-state index contributed by atoms with van der Waals surface area (Å²) < 4.78 is 50.2. The molecule has 5 rings (SSSR count). The number of benzene rings is 1. The molecule has 4 heterocycles. The minimum atomic E-state index is -4.68. The standard InChI is InChI=1S/C27H30F3N5O3/c1-17-3-4-20(22(13-17)35-10-6-18(2)33-35)24(27(28,29)30)38-19-5-9-31-23(14-19)34-11-7-26(8-12-34)15-21(25(36)37)32-16-26/h3-6,9-10,13-14,21,24,32H,7-8,11-12,15-16H2,1-2H3,(H,36,37)/t21-,24+/m0/s1. The van der Waals surface area contributed by atoms with Gasteiger partial charge in [-0.15, -0.1) is 0 Å². The molecule has 2 N–H and O–H groups in total. The van der Waals surface area contributed by atoms with E-state index in [-0.39, 0.29) is 16.7 Å². The Hall–Kier alpha value is -3.60. The quantitative estimate of drug-likeness (QED) is 0.482. The molecule has 1 aromatic carbocycles. The zero-order valence-electron chi connectivity index (χ0n) is 21.2. The lowest BCUT2D eigenvalue weighted by Gasteiger charge is -2.39. The van der Waals surface area contributed by atoms with E-state index in [1.807, 2.05) is 11.8 Å². The summed E-state index contributed by atoms with van der Waals surface area (Å²) in [7, 11) is 0. The number of piperidine rings is 1. The third-order valence-electron chi connectivity index (χ3n) is 7.51. The fourth-order valence-corrected chi connectivity index (χ4v) is 5.39. The fourth-order valence-electron chi connectivity index (χ4n) is 5.39. The highest BCUT2D eigenvalue weighted by molar-refractivity contribution is 5.74. The number of carboxylic acid groups (broad SMARTS) is 1. The Bertz CT molecular complexity index is 1320. The number of pyridine rings is 1. The topological polar surface area (TPSA) is 92.5 Å². The third kappa shape index (κ3) is 5.33. The van der Waals surface area contributed by atoms with Crippen LogP contribution >= 0.6 is 0 Å². The number of aromatic nitrogens is 3. The first-order chi connectivity index (χ1) is 18.0. The molecule has 8 nitrogen and oxygen atoms in total. The Labute approximate surface area is 218 Å². The molecule has 2 saturated heterocycles. The summed E-state index contributed by atoms with van der Waals surface area (Å²) in [6.45, 7) is 5.50. The second-order valence-corrected chi connectivity index (χ2v) is 10.3. The molecule has 3 aromatic rings. The van der Waals surface area contributed by atoms with Gasteiger partial charge in [0, 0.05) is 43.7 Å². The van der Waals surface area contributed by atoms with Crippen molar-refractivity contribution in [3.63, 3.8) is 0 Å². The van der Waals surface area contributed by atoms with Crippen LogP contribution in [0.25, 0.3) is 5.69 Å². The van der Waals surface area contributed by atoms with E-state index in [1.54, 1.807) is 31.3 Å². The van der Waals surface area contributed by atoms with Gasteiger partial charge in [-0.2, -0.15) is 18.3 Å². The Morgan fingerprint density at radius 3 is 2.58 bits per heavy atom. The average molecular weight is 530 g/mol. The van der Waals surface area contributed by atoms with Crippen LogP contribution in [-0.2, 0) is 4.79 Å². The molecule has 0 aliphatic carbocycles. The lowest BCUT2D eigenvalue weighted by atomic mass is 9.76. The van der Waals surface area contributed by atoms with E-state index in [4.69, 9.17) is 4.74 Å². The summed E-state index contributed by atoms with van der Waals surface area (Å²) in [6, 6.07) is 8.90. The van der Waals surface area contributed by atoms with E-state index in [2.05, 4.69) is 15.4 Å². The highest BCUT2D eigenvalue weighted by atomic mass is 19.4. The van der Waals surface area contributed by atoms with Crippen molar-refractivity contribution < 1.29 is 27.8 Å². The van der Waals surface area contributed by atoms with E-state index in [0.29, 0.717) is 43.3 Å². The molecule has 0 amide bonds. The zero-order valence-corrected chi connectivity index (χ0v) is 21.2. The van der Waals surface area contributed by atoms with Crippen molar-refractivity contribution in [2.75, 3.05) is 24.5 Å². The van der Waals surface area contributed by atoms with Gasteiger partial charge in [-0.25, -0.2) is 9.67 Å². The maximum Gasteiger partial charge on any atom is 0.429 e. The van der Waals surface area contributed by atoms with E-state index < -0.39 is 24.3 Å². The maximum atomic E-state index is 14.4. The Morgan fingerprint density at radius 2 is 1.95 bits per heavy atom. The van der Waals surface area contributed by atoms with Crippen LogP contribution < -0.4 is 15.0 Å². The Kier molecular flexibility index (Phi) is 6.81. The molecule has 11 heteroatoms. The molecule has 1 spiro atoms. The number of ether oxygens (including phenoxy) is 1. The predicted molar refractivity (Wildman–Crippen MR) is 135 cm³/mol. The average Bonchev–Trinajstić information content (AvgIpc) is 3.49. The number of carboxylic acids is 1. The Morgan fingerprint density at radius 1 is 1.18 bits per heavy atom. The summed E-state index contributed by atoms with van der Waals surface area (Å²) in [5.74, 6) is -0.241. The molecule has 2 aromatic heterocycles. The molecule has 0 saturated carbocycles. The van der Waals surface area contributed by atoms with Crippen molar-refractivity contribution in [2.24, 2.45) is 5.41 Å². The van der Waals surface area contributed by atoms with Gasteiger partial charge in [0.1, 0.15) is 17.6 Å². The summed E-state index contributed by atoms with van der Waals surface area (Å²) in [5, 5.41) is 16.7. The summed E-state index contributed by atoms with van der Waals surface area (Å²) in [5.41, 5.74) is 1.68. The molecule has 0 unspecified atom stereocenters. The van der Waals surface area contributed by atoms with Gasteiger partial charge < -0.3 is 20.1 Å². The number of nitrogens with one attached hydrogen (secondary N) is 1. The first kappa shape index (κ1) is 26.0. The number of alkyl halides is 3. The van der Waals surface area contributed by atoms with Crippen molar-refractivity contribution >= 4 is 11.8 Å². The number of aliphatic carboxylic acids is 1. The van der Waals surface area contributed by atoms with E-state index in [1.165, 1.54) is 29.1 Å². The molecule has 2 aliphatic heterocycles. The van der Waals surface area contributed by atoms with Gasteiger partial charge >= 0.3 is 12.1 Å². The van der Waals surface area contributed by atoms with Gasteiger partial charge in [-0.3, -0.25) is 4.79 Å². The van der Waals surface area contributed by atoms with E-state index in [9.17, 15) is 23.1 Å². The van der Waals surface area contributed by atoms with Crippen LogP contribution in [0.5, 0.6) is 5.75 Å². The van der Waals surface area contributed by atoms with Gasteiger partial charge in [-0.1, -0.05) is 12.1 Å². The van der Waals surface area contributed by atoms with Crippen molar-refractivity contribution in [2.45, 2.75) is 51.4 Å². The first-order valence-corrected chi connectivity index (χ1v) is 12.6. The lowest BCUT2D eigenvalue weighted by Crippen LogP contribution is -2.41. The van der Waals surface area contributed by atoms with Crippen LogP contribution in [0.4, 0.5) is 19.0 Å². The monoisotopic (exact) mass is 529 g/mol. The van der Waals surface area contributed by atoms with Gasteiger partial charge in [-0.05, 0) is 62.3 Å². The van der Waals surface area contributed by atoms with Crippen LogP contribution in [0.1, 0.15) is 42.2 Å². The van der Waals surface area contributed by atoms with Crippen LogP contribution in [0.2, 0.25) is 0 Å². The third-order valence-corrected chi connectivity index (χ3v) is 7.51. The van der Waals surface area contributed by atoms with Gasteiger partial charge in [0.15, 0.2) is 0 Å². The molecule has 0 bridgehead atoms. The molecule has 2 fully saturated rings. The number of aryl methyl sites for hydroxylation is 2. The highest BCUT2D eigenvalue weighted by Crippen LogP contribution is 2.42. The van der Waals surface area contributed by atoms with Crippen molar-refractivity contribution in [3.05, 3.63) is 65.6 Å². The SMILES string of the molecule is Cc1ccc([C@@H](Oc2ccnc(N3CCC4(CC3)CN[C@H](C(=O)O)C4)c2)C(F)(F)F)c(-n2ccc(C)n2)c1. The minimum absolute atomic E-state index is 0.0359. The number of nitrogens with zero attached hydrogens (tertiary/aromatic N) is 4. The fraction of sp³-hybridized carbons (Fsp3) is 0.444. The highest BCUT2D eigenvalue weighted by Gasteiger charge is 2.45. The summed E-state index contributed by atoms with van der Waals surface area (Å²) >= 11 is 0. The molecule has 38 heavy (non-hydrogen) atoms. The number of hydrogen-bond acceptors (Lipinski definition) is 6. The number of halogens is 3. The Balaban J connectivity index is 1.37. The second kappa shape index (κ2) is 9.94. The first-order valence-electron chi connectivity index (χ1n) is 12.6. The molecule has 2 atom stereocenters. The van der Waals surface area contributed by atoms with Crippen LogP contribution in [-0.4, -0.2) is 57.7 Å². The summed E-state index contributed by atoms with van der Waals surface area (Å²) in [6.07, 6.45) is -1.67. The smallest absolute Gasteiger partial charge is 0.429 e. The van der Waals surface area contributed by atoms with Crippen LogP contribution in [0.3, 0.4) is 0 Å². The molecule has 202 valence electrons. The van der Waals surface area contributed by atoms with Gasteiger partial charge in [0.2, 0.25) is 6.10 Å². The maximum absolute atomic E-state index is 14.4. The molecular formula is C27H30F3N5O3. The second-order valence-electron chi connectivity index (χ2n) is 10.3. The summed E-state index contributed by atoms with van der Waals surface area (Å²) in [4.78, 5) is 17.7. The van der Waals surface area contributed by atoms with Crippen molar-refractivity contribution in [1.82, 2.24) is 20.1 Å². The molecule has 0 radical (unpaired) electrons.